The summed E-state index contributed by atoms with van der Waals surface area (Å²) in [7, 11) is 0. The van der Waals surface area contributed by atoms with Gasteiger partial charge in [-0.3, -0.25) is 0 Å². The Morgan fingerprint density at radius 1 is 1.58 bits per heavy atom. The first-order chi connectivity index (χ1) is 5.65. The maximum absolute atomic E-state index is 12.8. The summed E-state index contributed by atoms with van der Waals surface area (Å²) in [6.07, 6.45) is 1.32. The Labute approximate surface area is 73.7 Å². The first-order valence-corrected chi connectivity index (χ1v) is 3.56. The number of aliphatic imine (C=N–C) groups is 1. The third-order valence-corrected chi connectivity index (χ3v) is 1.85. The summed E-state index contributed by atoms with van der Waals surface area (Å²) < 4.78 is 12.8. The van der Waals surface area contributed by atoms with E-state index in [1.165, 1.54) is 12.1 Å². The molecule has 0 bridgehead atoms. The average Bonchev–Trinajstić information content (AvgIpc) is 2.01. The molecule has 0 N–H and O–H groups in total. The summed E-state index contributed by atoms with van der Waals surface area (Å²) in [6.45, 7) is 1.63. The smallest absolute Gasteiger partial charge is 0.211 e. The summed E-state index contributed by atoms with van der Waals surface area (Å²) in [5.74, 6) is -0.578. The van der Waals surface area contributed by atoms with Crippen molar-refractivity contribution >= 4 is 23.4 Å². The van der Waals surface area contributed by atoms with Gasteiger partial charge in [-0.15, -0.1) is 0 Å². The molecule has 0 amide bonds. The summed E-state index contributed by atoms with van der Waals surface area (Å²) in [5, 5.41) is 0.0554. The molecule has 0 heterocycles. The molecular formula is C8H5ClFNO. The molecular weight excluding hydrogens is 181 g/mol. The second kappa shape index (κ2) is 3.48. The van der Waals surface area contributed by atoms with Gasteiger partial charge in [-0.25, -0.2) is 9.18 Å². The number of rotatable bonds is 1. The first kappa shape index (κ1) is 8.91. The van der Waals surface area contributed by atoms with E-state index in [1.807, 2.05) is 0 Å². The van der Waals surface area contributed by atoms with Gasteiger partial charge in [-0.1, -0.05) is 11.6 Å². The average molecular weight is 186 g/mol. The molecule has 0 saturated heterocycles. The van der Waals surface area contributed by atoms with Gasteiger partial charge >= 0.3 is 0 Å². The van der Waals surface area contributed by atoms with Crippen molar-refractivity contribution in [1.29, 1.82) is 0 Å². The molecule has 0 aliphatic heterocycles. The molecule has 0 aliphatic carbocycles. The molecule has 0 saturated carbocycles. The third-order valence-electron chi connectivity index (χ3n) is 1.37. The van der Waals surface area contributed by atoms with Gasteiger partial charge in [0, 0.05) is 6.07 Å². The van der Waals surface area contributed by atoms with Crippen LogP contribution >= 0.6 is 11.6 Å². The number of hydrogen-bond acceptors (Lipinski definition) is 2. The molecule has 0 aliphatic rings. The molecule has 12 heavy (non-hydrogen) atoms. The van der Waals surface area contributed by atoms with Gasteiger partial charge in [0.1, 0.15) is 5.82 Å². The summed E-state index contributed by atoms with van der Waals surface area (Å²) in [4.78, 5) is 13.1. The van der Waals surface area contributed by atoms with Crippen LogP contribution in [0.1, 0.15) is 5.56 Å². The standard InChI is InChI=1S/C8H5ClFNO/c1-5-2-6(11-4-12)3-7(10)8(5)9/h2-3H,1H3. The quantitative estimate of drug-likeness (QED) is 0.489. The third kappa shape index (κ3) is 1.70. The van der Waals surface area contributed by atoms with E-state index in [9.17, 15) is 9.18 Å². The second-order valence-corrected chi connectivity index (χ2v) is 2.64. The molecule has 0 radical (unpaired) electrons. The van der Waals surface area contributed by atoms with Gasteiger partial charge in [-0.2, -0.15) is 4.99 Å². The van der Waals surface area contributed by atoms with E-state index < -0.39 is 5.82 Å². The van der Waals surface area contributed by atoms with Gasteiger partial charge in [0.2, 0.25) is 6.08 Å². The van der Waals surface area contributed by atoms with Crippen LogP contribution in [0.4, 0.5) is 10.1 Å². The van der Waals surface area contributed by atoms with Crippen molar-refractivity contribution in [3.63, 3.8) is 0 Å². The minimum Gasteiger partial charge on any atom is -0.211 e. The van der Waals surface area contributed by atoms with Gasteiger partial charge in [0.05, 0.1) is 10.7 Å². The number of nitrogens with zero attached hydrogens (tertiary/aromatic N) is 1. The zero-order valence-electron chi connectivity index (χ0n) is 6.27. The normalized spacial score (nSPS) is 9.25. The van der Waals surface area contributed by atoms with Crippen LogP contribution in [0, 0.1) is 12.7 Å². The van der Waals surface area contributed by atoms with Crippen LogP contribution in [0.15, 0.2) is 17.1 Å². The second-order valence-electron chi connectivity index (χ2n) is 2.26. The number of aryl methyl sites for hydroxylation is 1. The van der Waals surface area contributed by atoms with Gasteiger partial charge in [0.15, 0.2) is 0 Å². The van der Waals surface area contributed by atoms with Crippen LogP contribution in [0.5, 0.6) is 0 Å². The van der Waals surface area contributed by atoms with Crippen molar-refractivity contribution in [3.8, 4) is 0 Å². The first-order valence-electron chi connectivity index (χ1n) is 3.18. The zero-order chi connectivity index (χ0) is 9.14. The Kier molecular flexibility index (Phi) is 2.58. The fraction of sp³-hybridized carbons (Fsp3) is 0.125. The molecule has 0 atom stereocenters. The van der Waals surface area contributed by atoms with Crippen LogP contribution in [-0.2, 0) is 4.79 Å². The van der Waals surface area contributed by atoms with Crippen molar-refractivity contribution in [2.75, 3.05) is 0 Å². The van der Waals surface area contributed by atoms with Gasteiger partial charge < -0.3 is 0 Å². The maximum atomic E-state index is 12.8. The van der Waals surface area contributed by atoms with Crippen molar-refractivity contribution in [2.24, 2.45) is 4.99 Å². The number of hydrogen-bond donors (Lipinski definition) is 0. The molecule has 1 aromatic carbocycles. The lowest BCUT2D eigenvalue weighted by atomic mass is 10.2. The molecule has 62 valence electrons. The van der Waals surface area contributed by atoms with Crippen LogP contribution in [-0.4, -0.2) is 6.08 Å². The fourth-order valence-electron chi connectivity index (χ4n) is 0.826. The van der Waals surface area contributed by atoms with Crippen LogP contribution in [0.2, 0.25) is 5.02 Å². The van der Waals surface area contributed by atoms with Crippen molar-refractivity contribution in [1.82, 2.24) is 0 Å². The number of halogens is 2. The molecule has 0 aromatic heterocycles. The van der Waals surface area contributed by atoms with E-state index in [2.05, 4.69) is 4.99 Å². The molecule has 0 unspecified atom stereocenters. The fourth-order valence-corrected chi connectivity index (χ4v) is 0.935. The van der Waals surface area contributed by atoms with Gasteiger partial charge in [0.25, 0.3) is 0 Å². The van der Waals surface area contributed by atoms with Crippen LogP contribution < -0.4 is 0 Å². The molecule has 0 spiro atoms. The maximum Gasteiger partial charge on any atom is 0.240 e. The summed E-state index contributed by atoms with van der Waals surface area (Å²) in [5.41, 5.74) is 0.773. The number of benzene rings is 1. The van der Waals surface area contributed by atoms with E-state index in [-0.39, 0.29) is 10.7 Å². The molecule has 0 fully saturated rings. The Morgan fingerprint density at radius 3 is 2.75 bits per heavy atom. The Balaban J connectivity index is 3.30. The van der Waals surface area contributed by atoms with Crippen molar-refractivity contribution in [3.05, 3.63) is 28.5 Å². The molecule has 1 rings (SSSR count). The minimum absolute atomic E-state index is 0.0554. The van der Waals surface area contributed by atoms with Crippen LogP contribution in [0.25, 0.3) is 0 Å². The number of carbonyl (C=O) groups excluding carboxylic acids is 1. The largest absolute Gasteiger partial charge is 0.240 e. The molecule has 4 heteroatoms. The topological polar surface area (TPSA) is 29.4 Å². The minimum atomic E-state index is -0.578. The Bertz CT molecular complexity index is 335. The van der Waals surface area contributed by atoms with Crippen molar-refractivity contribution < 1.29 is 9.18 Å². The number of isocyanates is 1. The van der Waals surface area contributed by atoms with E-state index in [0.717, 1.165) is 6.07 Å². The highest BCUT2D eigenvalue weighted by molar-refractivity contribution is 6.31. The Hall–Kier alpha value is -1.18. The molecule has 1 aromatic rings. The lowest BCUT2D eigenvalue weighted by Crippen LogP contribution is -1.81. The lowest BCUT2D eigenvalue weighted by Gasteiger charge is -1.99. The van der Waals surface area contributed by atoms with Crippen LogP contribution in [0.3, 0.4) is 0 Å². The predicted octanol–water partition coefficient (Wildman–Crippen LogP) is 2.75. The van der Waals surface area contributed by atoms with E-state index in [1.54, 1.807) is 6.92 Å². The van der Waals surface area contributed by atoms with E-state index in [4.69, 9.17) is 11.6 Å². The van der Waals surface area contributed by atoms with E-state index >= 15 is 0 Å². The summed E-state index contributed by atoms with van der Waals surface area (Å²) >= 11 is 5.53. The monoisotopic (exact) mass is 185 g/mol. The Morgan fingerprint density at radius 2 is 2.25 bits per heavy atom. The summed E-state index contributed by atoms with van der Waals surface area (Å²) in [6, 6.07) is 2.59. The predicted molar refractivity (Wildman–Crippen MR) is 43.9 cm³/mol. The highest BCUT2D eigenvalue weighted by Crippen LogP contribution is 2.24. The lowest BCUT2D eigenvalue weighted by molar-refractivity contribution is 0.565. The van der Waals surface area contributed by atoms with Crippen molar-refractivity contribution in [2.45, 2.75) is 6.92 Å². The SMILES string of the molecule is Cc1cc(N=C=O)cc(F)c1Cl. The molecule has 2 nitrogen and oxygen atoms in total. The zero-order valence-corrected chi connectivity index (χ0v) is 7.02. The highest BCUT2D eigenvalue weighted by Gasteiger charge is 2.04. The van der Waals surface area contributed by atoms with E-state index in [0.29, 0.717) is 5.56 Å². The highest BCUT2D eigenvalue weighted by atomic mass is 35.5. The van der Waals surface area contributed by atoms with Gasteiger partial charge in [-0.05, 0) is 18.6 Å².